The molecule has 0 amide bonds. The zero-order chi connectivity index (χ0) is 29.9. The van der Waals surface area contributed by atoms with Gasteiger partial charge in [-0.25, -0.2) is 4.39 Å². The number of rotatable bonds is 14. The van der Waals surface area contributed by atoms with Crippen LogP contribution in [-0.2, 0) is 0 Å². The molecule has 1 heterocycles. The molecular formula is C38H47FN2. The summed E-state index contributed by atoms with van der Waals surface area (Å²) >= 11 is 0. The van der Waals surface area contributed by atoms with Crippen LogP contribution < -0.4 is 5.32 Å². The molecule has 3 aromatic rings. The average Bonchev–Trinajstić information content (AvgIpc) is 3.33. The van der Waals surface area contributed by atoms with Gasteiger partial charge in [-0.05, 0) is 87.3 Å². The maximum atomic E-state index is 14.1. The highest BCUT2D eigenvalue weighted by Gasteiger charge is 2.27. The van der Waals surface area contributed by atoms with Crippen LogP contribution in [0.3, 0.4) is 0 Å². The van der Waals surface area contributed by atoms with E-state index in [1.54, 1.807) is 12.1 Å². The number of nitrogens with one attached hydrogen (secondary N) is 1. The molecule has 2 aromatic carbocycles. The van der Waals surface area contributed by atoms with Gasteiger partial charge in [0.05, 0.1) is 11.4 Å². The van der Waals surface area contributed by atoms with Gasteiger partial charge in [-0.15, -0.1) is 6.58 Å². The van der Waals surface area contributed by atoms with Gasteiger partial charge in [-0.2, -0.15) is 0 Å². The largest absolute Gasteiger partial charge is 0.358 e. The highest BCUT2D eigenvalue weighted by atomic mass is 19.1. The second kappa shape index (κ2) is 15.2. The molecular weight excluding hydrogens is 503 g/mol. The average molecular weight is 551 g/mol. The third-order valence-corrected chi connectivity index (χ3v) is 7.54. The summed E-state index contributed by atoms with van der Waals surface area (Å²) in [6, 6.07) is 17.5. The van der Waals surface area contributed by atoms with Crippen LogP contribution in [0, 0.1) is 17.7 Å². The third-order valence-electron chi connectivity index (χ3n) is 7.54. The van der Waals surface area contributed by atoms with Crippen molar-refractivity contribution in [1.82, 2.24) is 9.88 Å². The predicted molar refractivity (Wildman–Crippen MR) is 178 cm³/mol. The van der Waals surface area contributed by atoms with E-state index in [0.29, 0.717) is 11.8 Å². The van der Waals surface area contributed by atoms with E-state index in [2.05, 4.69) is 106 Å². The Hall–Kier alpha value is -3.85. The molecule has 2 nitrogen and oxygen atoms in total. The number of nitrogens with zero attached hydrogens (tertiary/aromatic N) is 1. The molecule has 0 spiro atoms. The predicted octanol–water partition coefficient (Wildman–Crippen LogP) is 11.2. The van der Waals surface area contributed by atoms with Gasteiger partial charge in [0.25, 0.3) is 0 Å². The first-order valence-electron chi connectivity index (χ1n) is 14.9. The summed E-state index contributed by atoms with van der Waals surface area (Å²) in [7, 11) is 0. The fourth-order valence-electron chi connectivity index (χ4n) is 5.35. The highest BCUT2D eigenvalue weighted by Crippen LogP contribution is 2.44. The number of benzene rings is 2. The van der Waals surface area contributed by atoms with Crippen LogP contribution in [0.4, 0.5) is 4.39 Å². The van der Waals surface area contributed by atoms with E-state index in [4.69, 9.17) is 0 Å². The van der Waals surface area contributed by atoms with E-state index in [-0.39, 0.29) is 11.9 Å². The van der Waals surface area contributed by atoms with E-state index >= 15 is 0 Å². The fraction of sp³-hybridized carbons (Fsp3) is 0.316. The Labute approximate surface area is 247 Å². The molecule has 1 aromatic heterocycles. The molecule has 0 fully saturated rings. The minimum absolute atomic E-state index is 0.149. The van der Waals surface area contributed by atoms with Crippen molar-refractivity contribution in [2.75, 3.05) is 0 Å². The quantitative estimate of drug-likeness (QED) is 0.156. The van der Waals surface area contributed by atoms with Gasteiger partial charge in [0.15, 0.2) is 0 Å². The van der Waals surface area contributed by atoms with E-state index in [1.165, 1.54) is 0 Å². The molecule has 2 atom stereocenters. The summed E-state index contributed by atoms with van der Waals surface area (Å²) < 4.78 is 16.5. The fourth-order valence-corrected chi connectivity index (χ4v) is 5.35. The van der Waals surface area contributed by atoms with Crippen LogP contribution >= 0.6 is 0 Å². The van der Waals surface area contributed by atoms with Crippen molar-refractivity contribution in [3.8, 4) is 22.3 Å². The van der Waals surface area contributed by atoms with Crippen molar-refractivity contribution in [1.29, 1.82) is 0 Å². The summed E-state index contributed by atoms with van der Waals surface area (Å²) in [4.78, 5) is 0. The summed E-state index contributed by atoms with van der Waals surface area (Å²) in [5.74, 6) is 0.612. The summed E-state index contributed by atoms with van der Waals surface area (Å²) in [5.41, 5.74) is 8.31. The van der Waals surface area contributed by atoms with Crippen molar-refractivity contribution >= 4 is 11.8 Å². The second-order valence-corrected chi connectivity index (χ2v) is 11.0. The topological polar surface area (TPSA) is 17.0 Å². The number of hydrogen-bond donors (Lipinski definition) is 1. The first-order chi connectivity index (χ1) is 19.7. The highest BCUT2D eigenvalue weighted by molar-refractivity contribution is 5.96. The summed E-state index contributed by atoms with van der Waals surface area (Å²) in [6.07, 6.45) is 15.8. The van der Waals surface area contributed by atoms with Crippen molar-refractivity contribution in [2.45, 2.75) is 66.8 Å². The van der Waals surface area contributed by atoms with Gasteiger partial charge < -0.3 is 9.88 Å². The van der Waals surface area contributed by atoms with E-state index < -0.39 is 0 Å². The van der Waals surface area contributed by atoms with Crippen LogP contribution in [0.25, 0.3) is 34.0 Å². The normalized spacial score (nSPS) is 13.7. The van der Waals surface area contributed by atoms with Gasteiger partial charge in [0.2, 0.25) is 0 Å². The molecule has 0 aliphatic rings. The summed E-state index contributed by atoms with van der Waals surface area (Å²) in [6.45, 7) is 21.7. The van der Waals surface area contributed by atoms with Crippen molar-refractivity contribution < 1.29 is 4.39 Å². The Morgan fingerprint density at radius 3 is 2.20 bits per heavy atom. The molecule has 0 saturated heterocycles. The second-order valence-electron chi connectivity index (χ2n) is 11.0. The minimum Gasteiger partial charge on any atom is -0.358 e. The lowest BCUT2D eigenvalue weighted by atomic mass is 9.92. The molecule has 41 heavy (non-hydrogen) atoms. The molecule has 0 aliphatic carbocycles. The molecule has 1 N–H and O–H groups in total. The van der Waals surface area contributed by atoms with Gasteiger partial charge in [0, 0.05) is 28.6 Å². The minimum atomic E-state index is -0.243. The van der Waals surface area contributed by atoms with Gasteiger partial charge in [-0.3, -0.25) is 0 Å². The van der Waals surface area contributed by atoms with Gasteiger partial charge in [0.1, 0.15) is 5.82 Å². The maximum absolute atomic E-state index is 14.1. The molecule has 2 unspecified atom stereocenters. The molecule has 216 valence electrons. The standard InChI is InChI=1S/C38H47FN2/c1-9-13-19-34(12-4)40-29(8)38-37(31-17-15-14-16-18-31)36(32-21-23-33(39)24-22-32)35(41(38)27(5)6)25-20-28(7)26-30(10-2)11-3/h9-10,13-25,27-28,30,40H,2,8,11-12,26H2,1,3-7H3/b13-9-,25-20+,34-19+. The number of aromatic nitrogens is 1. The van der Waals surface area contributed by atoms with E-state index in [9.17, 15) is 4.39 Å². The van der Waals surface area contributed by atoms with Crippen LogP contribution in [-0.4, -0.2) is 4.57 Å². The Morgan fingerprint density at radius 2 is 1.63 bits per heavy atom. The Balaban J connectivity index is 2.37. The van der Waals surface area contributed by atoms with Gasteiger partial charge >= 0.3 is 0 Å². The third kappa shape index (κ3) is 7.88. The van der Waals surface area contributed by atoms with E-state index in [1.807, 2.05) is 37.3 Å². The van der Waals surface area contributed by atoms with Crippen LogP contribution in [0.1, 0.15) is 78.2 Å². The smallest absolute Gasteiger partial charge is 0.123 e. The van der Waals surface area contributed by atoms with Crippen molar-refractivity contribution in [3.63, 3.8) is 0 Å². The van der Waals surface area contributed by atoms with Crippen LogP contribution in [0.2, 0.25) is 0 Å². The SMILES string of the molecule is C=CC(CC)CC(C)/C=C/c1c(-c2ccc(F)cc2)c(-c2ccccc2)c(C(=C)N/C(=C/C=C\C)CC)n1C(C)C. The van der Waals surface area contributed by atoms with Crippen molar-refractivity contribution in [3.05, 3.63) is 121 Å². The zero-order valence-electron chi connectivity index (χ0n) is 25.8. The number of allylic oxidation sites excluding steroid dienone is 6. The Bertz CT molecular complexity index is 1380. The lowest BCUT2D eigenvalue weighted by Gasteiger charge is -2.21. The van der Waals surface area contributed by atoms with Crippen LogP contribution in [0.15, 0.2) is 104 Å². The Kier molecular flexibility index (Phi) is 11.8. The lowest BCUT2D eigenvalue weighted by molar-refractivity contribution is 0.498. The van der Waals surface area contributed by atoms with E-state index in [0.717, 1.165) is 64.3 Å². The molecule has 3 heteroatoms. The Morgan fingerprint density at radius 1 is 0.976 bits per heavy atom. The van der Waals surface area contributed by atoms with Crippen molar-refractivity contribution in [2.24, 2.45) is 11.8 Å². The van der Waals surface area contributed by atoms with Crippen LogP contribution in [0.5, 0.6) is 0 Å². The monoisotopic (exact) mass is 550 g/mol. The number of hydrogen-bond acceptors (Lipinski definition) is 1. The summed E-state index contributed by atoms with van der Waals surface area (Å²) in [5, 5.41) is 3.63. The molecule has 0 bridgehead atoms. The van der Waals surface area contributed by atoms with Gasteiger partial charge in [-0.1, -0.05) is 94.1 Å². The first-order valence-corrected chi connectivity index (χ1v) is 14.9. The molecule has 0 aliphatic heterocycles. The molecule has 3 rings (SSSR count). The molecule has 0 radical (unpaired) electrons. The first kappa shape index (κ1) is 31.7. The molecule has 0 saturated carbocycles. The maximum Gasteiger partial charge on any atom is 0.123 e. The number of halogens is 1. The zero-order valence-corrected chi connectivity index (χ0v) is 25.8. The lowest BCUT2D eigenvalue weighted by Crippen LogP contribution is -2.16.